The van der Waals surface area contributed by atoms with Crippen molar-refractivity contribution in [2.45, 2.75) is 39.0 Å². The molecule has 0 spiro atoms. The van der Waals surface area contributed by atoms with E-state index in [4.69, 9.17) is 5.26 Å². The van der Waals surface area contributed by atoms with E-state index >= 15 is 0 Å². The summed E-state index contributed by atoms with van der Waals surface area (Å²) in [5, 5.41) is 11.5. The van der Waals surface area contributed by atoms with Gasteiger partial charge in [0.25, 0.3) is 0 Å². The number of nitrogens with zero attached hydrogens (tertiary/aromatic N) is 2. The highest BCUT2D eigenvalue weighted by atomic mass is 16.2. The quantitative estimate of drug-likeness (QED) is 0.868. The van der Waals surface area contributed by atoms with Gasteiger partial charge in [-0.15, -0.1) is 0 Å². The third-order valence-corrected chi connectivity index (χ3v) is 3.64. The molecule has 0 aromatic carbocycles. The third kappa shape index (κ3) is 2.67. The Hall–Kier alpha value is -1.89. The lowest BCUT2D eigenvalue weighted by Crippen LogP contribution is -2.35. The maximum atomic E-state index is 12.2. The standard InChI is InChI=1S/C14H17N3O/c1-14(7-3-2-4-8-14)13(18)17-12-6-5-11(9-15)10-16-12/h5-6,10H,2-4,7-8H2,1H3,(H,16,17,18). The number of carbonyl (C=O) groups excluding carboxylic acids is 1. The van der Waals surface area contributed by atoms with E-state index in [0.717, 1.165) is 25.7 Å². The van der Waals surface area contributed by atoms with E-state index in [9.17, 15) is 4.79 Å². The van der Waals surface area contributed by atoms with Gasteiger partial charge in [0.15, 0.2) is 0 Å². The minimum absolute atomic E-state index is 0.0411. The molecule has 0 atom stereocenters. The van der Waals surface area contributed by atoms with Crippen LogP contribution >= 0.6 is 0 Å². The number of aromatic nitrogens is 1. The highest BCUT2D eigenvalue weighted by molar-refractivity contribution is 5.94. The minimum atomic E-state index is -0.270. The largest absolute Gasteiger partial charge is 0.310 e. The van der Waals surface area contributed by atoms with Crippen LogP contribution in [0.2, 0.25) is 0 Å². The molecule has 4 nitrogen and oxygen atoms in total. The van der Waals surface area contributed by atoms with Crippen molar-refractivity contribution >= 4 is 11.7 Å². The van der Waals surface area contributed by atoms with E-state index in [0.29, 0.717) is 11.4 Å². The molecule has 0 unspecified atom stereocenters. The molecule has 1 aromatic rings. The van der Waals surface area contributed by atoms with Gasteiger partial charge in [-0.05, 0) is 25.0 Å². The van der Waals surface area contributed by atoms with E-state index in [1.165, 1.54) is 12.6 Å². The average molecular weight is 243 g/mol. The number of hydrogen-bond donors (Lipinski definition) is 1. The fourth-order valence-electron chi connectivity index (χ4n) is 2.36. The van der Waals surface area contributed by atoms with Crippen LogP contribution in [0.3, 0.4) is 0 Å². The van der Waals surface area contributed by atoms with Crippen LogP contribution in [0.5, 0.6) is 0 Å². The van der Waals surface area contributed by atoms with Crippen LogP contribution in [0.15, 0.2) is 18.3 Å². The summed E-state index contributed by atoms with van der Waals surface area (Å²) in [6.45, 7) is 2.02. The van der Waals surface area contributed by atoms with E-state index < -0.39 is 0 Å². The molecule has 94 valence electrons. The molecular weight excluding hydrogens is 226 g/mol. The van der Waals surface area contributed by atoms with Gasteiger partial charge >= 0.3 is 0 Å². The second kappa shape index (κ2) is 5.18. The second-order valence-corrected chi connectivity index (χ2v) is 5.12. The van der Waals surface area contributed by atoms with Crippen molar-refractivity contribution in [3.8, 4) is 6.07 Å². The molecule has 1 heterocycles. The van der Waals surface area contributed by atoms with E-state index in [-0.39, 0.29) is 11.3 Å². The van der Waals surface area contributed by atoms with Gasteiger partial charge in [-0.25, -0.2) is 4.98 Å². The Balaban J connectivity index is 2.04. The summed E-state index contributed by atoms with van der Waals surface area (Å²) in [4.78, 5) is 16.3. The molecule has 1 aromatic heterocycles. The summed E-state index contributed by atoms with van der Waals surface area (Å²) < 4.78 is 0. The summed E-state index contributed by atoms with van der Waals surface area (Å²) >= 11 is 0. The Morgan fingerprint density at radius 2 is 2.11 bits per heavy atom. The normalized spacial score (nSPS) is 17.8. The average Bonchev–Trinajstić information content (AvgIpc) is 2.40. The molecule has 1 saturated carbocycles. The Bertz CT molecular complexity index is 467. The van der Waals surface area contributed by atoms with Crippen LogP contribution in [0.25, 0.3) is 0 Å². The topological polar surface area (TPSA) is 65.8 Å². The summed E-state index contributed by atoms with van der Waals surface area (Å²) in [7, 11) is 0. The summed E-state index contributed by atoms with van der Waals surface area (Å²) in [6.07, 6.45) is 6.80. The summed E-state index contributed by atoms with van der Waals surface area (Å²) in [5.74, 6) is 0.560. The van der Waals surface area contributed by atoms with Crippen molar-refractivity contribution in [1.29, 1.82) is 5.26 Å². The van der Waals surface area contributed by atoms with Crippen LogP contribution < -0.4 is 5.32 Å². The molecule has 0 saturated heterocycles. The second-order valence-electron chi connectivity index (χ2n) is 5.12. The monoisotopic (exact) mass is 243 g/mol. The molecule has 1 fully saturated rings. The Morgan fingerprint density at radius 1 is 1.39 bits per heavy atom. The van der Waals surface area contributed by atoms with Gasteiger partial charge in [-0.3, -0.25) is 4.79 Å². The number of pyridine rings is 1. The SMILES string of the molecule is CC1(C(=O)Nc2ccc(C#N)cn2)CCCCC1. The number of carbonyl (C=O) groups is 1. The predicted molar refractivity (Wildman–Crippen MR) is 68.8 cm³/mol. The molecule has 1 aliphatic carbocycles. The molecule has 18 heavy (non-hydrogen) atoms. The first-order chi connectivity index (χ1) is 8.64. The van der Waals surface area contributed by atoms with Crippen molar-refractivity contribution in [3.05, 3.63) is 23.9 Å². The lowest BCUT2D eigenvalue weighted by molar-refractivity contribution is -0.126. The Morgan fingerprint density at radius 3 is 2.67 bits per heavy atom. The molecule has 0 radical (unpaired) electrons. The summed E-state index contributed by atoms with van der Waals surface area (Å²) in [6, 6.07) is 5.33. The molecule has 1 amide bonds. The van der Waals surface area contributed by atoms with Gasteiger partial charge in [0.2, 0.25) is 5.91 Å². The summed E-state index contributed by atoms with van der Waals surface area (Å²) in [5.41, 5.74) is 0.227. The van der Waals surface area contributed by atoms with Crippen molar-refractivity contribution in [2.24, 2.45) is 5.41 Å². The zero-order chi connectivity index (χ0) is 13.0. The van der Waals surface area contributed by atoms with E-state index in [1.54, 1.807) is 12.1 Å². The van der Waals surface area contributed by atoms with Gasteiger partial charge in [0.1, 0.15) is 11.9 Å². The zero-order valence-electron chi connectivity index (χ0n) is 10.6. The molecule has 1 aliphatic rings. The molecule has 0 aliphatic heterocycles. The Labute approximate surface area is 107 Å². The zero-order valence-corrected chi connectivity index (χ0v) is 10.6. The van der Waals surface area contributed by atoms with Crippen molar-refractivity contribution < 1.29 is 4.79 Å². The van der Waals surface area contributed by atoms with E-state index in [2.05, 4.69) is 10.3 Å². The lowest BCUT2D eigenvalue weighted by atomic mass is 9.75. The minimum Gasteiger partial charge on any atom is -0.310 e. The molecule has 2 rings (SSSR count). The van der Waals surface area contributed by atoms with Gasteiger partial charge in [0.05, 0.1) is 5.56 Å². The van der Waals surface area contributed by atoms with E-state index in [1.807, 2.05) is 13.0 Å². The van der Waals surface area contributed by atoms with Gasteiger partial charge < -0.3 is 5.32 Å². The van der Waals surface area contributed by atoms with Crippen LogP contribution in [0, 0.1) is 16.7 Å². The molecule has 4 heteroatoms. The molecule has 1 N–H and O–H groups in total. The first kappa shape index (κ1) is 12.6. The van der Waals surface area contributed by atoms with Gasteiger partial charge in [-0.1, -0.05) is 26.2 Å². The van der Waals surface area contributed by atoms with Crippen LogP contribution in [0.1, 0.15) is 44.6 Å². The molecule has 0 bridgehead atoms. The predicted octanol–water partition coefficient (Wildman–Crippen LogP) is 2.86. The van der Waals surface area contributed by atoms with Crippen LogP contribution in [-0.4, -0.2) is 10.9 Å². The number of anilines is 1. The highest BCUT2D eigenvalue weighted by Gasteiger charge is 2.34. The number of nitrogens with one attached hydrogen (secondary N) is 1. The first-order valence-corrected chi connectivity index (χ1v) is 6.32. The highest BCUT2D eigenvalue weighted by Crippen LogP contribution is 2.36. The fraction of sp³-hybridized carbons (Fsp3) is 0.500. The molecular formula is C14H17N3O. The number of amides is 1. The van der Waals surface area contributed by atoms with Crippen molar-refractivity contribution in [1.82, 2.24) is 4.98 Å². The van der Waals surface area contributed by atoms with Crippen LogP contribution in [-0.2, 0) is 4.79 Å². The van der Waals surface area contributed by atoms with Gasteiger partial charge in [0, 0.05) is 11.6 Å². The smallest absolute Gasteiger partial charge is 0.231 e. The number of rotatable bonds is 2. The maximum Gasteiger partial charge on any atom is 0.231 e. The number of hydrogen-bond acceptors (Lipinski definition) is 3. The van der Waals surface area contributed by atoms with Crippen LogP contribution in [0.4, 0.5) is 5.82 Å². The van der Waals surface area contributed by atoms with Crippen molar-refractivity contribution in [3.63, 3.8) is 0 Å². The fourth-order valence-corrected chi connectivity index (χ4v) is 2.36. The maximum absolute atomic E-state index is 12.2. The first-order valence-electron chi connectivity index (χ1n) is 6.32. The van der Waals surface area contributed by atoms with Gasteiger partial charge in [-0.2, -0.15) is 5.26 Å². The number of nitriles is 1. The Kier molecular flexibility index (Phi) is 3.61. The lowest BCUT2D eigenvalue weighted by Gasteiger charge is -2.31. The van der Waals surface area contributed by atoms with Crippen molar-refractivity contribution in [2.75, 3.05) is 5.32 Å². The third-order valence-electron chi connectivity index (χ3n) is 3.64.